The van der Waals surface area contributed by atoms with Crippen molar-refractivity contribution in [3.8, 4) is 22.6 Å². The summed E-state index contributed by atoms with van der Waals surface area (Å²) in [6.45, 7) is 5.44. The van der Waals surface area contributed by atoms with Gasteiger partial charge in [-0.3, -0.25) is 4.79 Å². The van der Waals surface area contributed by atoms with E-state index >= 15 is 0 Å². The van der Waals surface area contributed by atoms with E-state index in [1.165, 1.54) is 18.5 Å². The lowest BCUT2D eigenvalue weighted by Gasteiger charge is -2.13. The van der Waals surface area contributed by atoms with Gasteiger partial charge in [-0.2, -0.15) is 0 Å². The molecule has 29 heavy (non-hydrogen) atoms. The Morgan fingerprint density at radius 2 is 1.86 bits per heavy atom. The Bertz CT molecular complexity index is 1110. The number of rotatable bonds is 4. The van der Waals surface area contributed by atoms with Crippen molar-refractivity contribution in [1.29, 1.82) is 0 Å². The van der Waals surface area contributed by atoms with Crippen LogP contribution in [0.25, 0.3) is 11.1 Å². The van der Waals surface area contributed by atoms with E-state index in [4.69, 9.17) is 4.42 Å². The van der Waals surface area contributed by atoms with E-state index in [-0.39, 0.29) is 23.1 Å². The van der Waals surface area contributed by atoms with E-state index in [0.29, 0.717) is 17.9 Å². The van der Waals surface area contributed by atoms with Crippen LogP contribution < -0.4 is 14.8 Å². The van der Waals surface area contributed by atoms with Crippen LogP contribution in [0.15, 0.2) is 41.1 Å². The lowest BCUT2D eigenvalue weighted by molar-refractivity contribution is -0.286. The summed E-state index contributed by atoms with van der Waals surface area (Å²) in [6.07, 6.45) is -1.78. The Morgan fingerprint density at radius 1 is 1.14 bits per heavy atom. The standard InChI is InChI=1S/C21H18F2N2O4/c1-4-13-8-14(5-6-16(13)25-20(26)19-12(3)27-10-24-19)15-9-18-17(7-11(15)2)28-21(22,23)29-18/h5-10H,4H2,1-3H3,(H,25,26). The molecule has 0 fully saturated rings. The van der Waals surface area contributed by atoms with Crippen LogP contribution in [0.1, 0.15) is 34.3 Å². The predicted molar refractivity (Wildman–Crippen MR) is 101 cm³/mol. The number of fused-ring (bicyclic) bond motifs is 1. The molecule has 8 heteroatoms. The van der Waals surface area contributed by atoms with Gasteiger partial charge >= 0.3 is 6.29 Å². The molecular weight excluding hydrogens is 382 g/mol. The lowest BCUT2D eigenvalue weighted by Crippen LogP contribution is -2.25. The first-order valence-corrected chi connectivity index (χ1v) is 9.02. The second-order valence-corrected chi connectivity index (χ2v) is 6.72. The summed E-state index contributed by atoms with van der Waals surface area (Å²) >= 11 is 0. The third-order valence-corrected chi connectivity index (χ3v) is 4.75. The second-order valence-electron chi connectivity index (χ2n) is 6.72. The molecule has 150 valence electrons. The Morgan fingerprint density at radius 3 is 2.52 bits per heavy atom. The van der Waals surface area contributed by atoms with Gasteiger partial charge in [-0.15, -0.1) is 8.78 Å². The molecular formula is C21H18F2N2O4. The zero-order chi connectivity index (χ0) is 20.8. The molecule has 3 aromatic rings. The van der Waals surface area contributed by atoms with Crippen molar-refractivity contribution in [2.24, 2.45) is 0 Å². The SMILES string of the molecule is CCc1cc(-c2cc3c(cc2C)OC(F)(F)O3)ccc1NC(=O)c1ncoc1C. The van der Waals surface area contributed by atoms with Crippen LogP contribution >= 0.6 is 0 Å². The minimum absolute atomic E-state index is 0.00691. The van der Waals surface area contributed by atoms with Crippen molar-refractivity contribution < 1.29 is 27.5 Å². The number of hydrogen-bond donors (Lipinski definition) is 1. The number of aromatic nitrogens is 1. The van der Waals surface area contributed by atoms with Crippen molar-refractivity contribution in [2.45, 2.75) is 33.5 Å². The topological polar surface area (TPSA) is 73.6 Å². The fraction of sp³-hybridized carbons (Fsp3) is 0.238. The Kier molecular flexibility index (Phi) is 4.49. The number of nitrogens with zero attached hydrogens (tertiary/aromatic N) is 1. The summed E-state index contributed by atoms with van der Waals surface area (Å²) in [5.41, 5.74) is 4.08. The Hall–Kier alpha value is -3.42. The second kappa shape index (κ2) is 6.88. The smallest absolute Gasteiger partial charge is 0.448 e. The van der Waals surface area contributed by atoms with Crippen LogP contribution in [-0.4, -0.2) is 17.2 Å². The highest BCUT2D eigenvalue weighted by atomic mass is 19.3. The highest BCUT2D eigenvalue weighted by Crippen LogP contribution is 2.44. The molecule has 1 amide bonds. The van der Waals surface area contributed by atoms with Gasteiger partial charge in [-0.25, -0.2) is 4.98 Å². The summed E-state index contributed by atoms with van der Waals surface area (Å²) in [4.78, 5) is 16.4. The number of halogens is 2. The number of anilines is 1. The molecule has 6 nitrogen and oxygen atoms in total. The molecule has 0 aliphatic carbocycles. The molecule has 0 saturated heterocycles. The summed E-state index contributed by atoms with van der Waals surface area (Å²) < 4.78 is 40.8. The molecule has 0 spiro atoms. The maximum Gasteiger partial charge on any atom is 0.586 e. The van der Waals surface area contributed by atoms with Crippen LogP contribution in [-0.2, 0) is 6.42 Å². The van der Waals surface area contributed by atoms with Crippen LogP contribution in [0.5, 0.6) is 11.5 Å². The normalized spacial score (nSPS) is 14.1. The van der Waals surface area contributed by atoms with E-state index in [0.717, 1.165) is 22.3 Å². The fourth-order valence-corrected chi connectivity index (χ4v) is 3.29. The van der Waals surface area contributed by atoms with Gasteiger partial charge < -0.3 is 19.2 Å². The molecule has 0 saturated carbocycles. The zero-order valence-corrected chi connectivity index (χ0v) is 16.0. The summed E-state index contributed by atoms with van der Waals surface area (Å²) in [5.74, 6) is 0.0801. The van der Waals surface area contributed by atoms with Crippen LogP contribution in [0.3, 0.4) is 0 Å². The number of oxazole rings is 1. The van der Waals surface area contributed by atoms with Crippen LogP contribution in [0.2, 0.25) is 0 Å². The highest BCUT2D eigenvalue weighted by Gasteiger charge is 2.43. The minimum atomic E-state index is -3.66. The molecule has 0 atom stereocenters. The Labute approximate surface area is 165 Å². The monoisotopic (exact) mass is 400 g/mol. The van der Waals surface area contributed by atoms with Crippen LogP contribution in [0, 0.1) is 13.8 Å². The minimum Gasteiger partial charge on any atom is -0.448 e. The molecule has 4 rings (SSSR count). The van der Waals surface area contributed by atoms with E-state index in [9.17, 15) is 13.6 Å². The van der Waals surface area contributed by atoms with Gasteiger partial charge in [0.25, 0.3) is 5.91 Å². The van der Waals surface area contributed by atoms with E-state index in [2.05, 4.69) is 19.8 Å². The van der Waals surface area contributed by atoms with Gasteiger partial charge in [0.2, 0.25) is 0 Å². The van der Waals surface area contributed by atoms with Gasteiger partial charge in [0.1, 0.15) is 5.76 Å². The molecule has 1 aliphatic heterocycles. The fourth-order valence-electron chi connectivity index (χ4n) is 3.29. The molecule has 1 aromatic heterocycles. The summed E-state index contributed by atoms with van der Waals surface area (Å²) in [5, 5.41) is 2.85. The average molecular weight is 400 g/mol. The molecule has 0 unspecified atom stereocenters. The maximum atomic E-state index is 13.3. The number of aryl methyl sites for hydroxylation is 3. The van der Waals surface area contributed by atoms with Crippen LogP contribution in [0.4, 0.5) is 14.5 Å². The molecule has 1 N–H and O–H groups in total. The largest absolute Gasteiger partial charge is 0.586 e. The maximum absolute atomic E-state index is 13.3. The van der Waals surface area contributed by atoms with Crippen molar-refractivity contribution in [3.63, 3.8) is 0 Å². The third-order valence-electron chi connectivity index (χ3n) is 4.75. The van der Waals surface area contributed by atoms with Gasteiger partial charge in [-0.05, 0) is 66.8 Å². The van der Waals surface area contributed by atoms with Gasteiger partial charge in [0.15, 0.2) is 23.6 Å². The molecule has 2 heterocycles. The number of alkyl halides is 2. The number of nitrogens with one attached hydrogen (secondary N) is 1. The van der Waals surface area contributed by atoms with Gasteiger partial charge in [0.05, 0.1) is 0 Å². The van der Waals surface area contributed by atoms with E-state index in [1.54, 1.807) is 13.0 Å². The first kappa shape index (κ1) is 18.9. The summed E-state index contributed by atoms with van der Waals surface area (Å²) in [6, 6.07) is 8.57. The Balaban J connectivity index is 1.66. The third kappa shape index (κ3) is 3.53. The number of benzene rings is 2. The number of ether oxygens (including phenoxy) is 2. The van der Waals surface area contributed by atoms with E-state index in [1.807, 2.05) is 26.0 Å². The highest BCUT2D eigenvalue weighted by molar-refractivity contribution is 6.04. The summed E-state index contributed by atoms with van der Waals surface area (Å²) in [7, 11) is 0. The predicted octanol–water partition coefficient (Wildman–Crippen LogP) is 5.09. The number of amides is 1. The molecule has 1 aliphatic rings. The van der Waals surface area contributed by atoms with Crippen molar-refractivity contribution in [2.75, 3.05) is 5.32 Å². The number of hydrogen-bond acceptors (Lipinski definition) is 5. The molecule has 2 aromatic carbocycles. The zero-order valence-electron chi connectivity index (χ0n) is 16.0. The van der Waals surface area contributed by atoms with Gasteiger partial charge in [-0.1, -0.05) is 13.0 Å². The quantitative estimate of drug-likeness (QED) is 0.660. The molecule has 0 radical (unpaired) electrons. The lowest BCUT2D eigenvalue weighted by atomic mass is 9.96. The molecule has 0 bridgehead atoms. The van der Waals surface area contributed by atoms with Crippen molar-refractivity contribution >= 4 is 11.6 Å². The number of carbonyl (C=O) groups excluding carboxylic acids is 1. The van der Waals surface area contributed by atoms with Gasteiger partial charge in [0, 0.05) is 5.69 Å². The van der Waals surface area contributed by atoms with Crippen molar-refractivity contribution in [3.05, 3.63) is 59.3 Å². The first-order valence-electron chi connectivity index (χ1n) is 9.02. The number of carbonyl (C=O) groups is 1. The average Bonchev–Trinajstić information content (AvgIpc) is 3.22. The van der Waals surface area contributed by atoms with Crippen molar-refractivity contribution in [1.82, 2.24) is 4.98 Å². The van der Waals surface area contributed by atoms with E-state index < -0.39 is 6.29 Å². The first-order chi connectivity index (χ1) is 13.8.